The third kappa shape index (κ3) is 4.12. The Kier molecular flexibility index (Phi) is 4.58. The van der Waals surface area contributed by atoms with Gasteiger partial charge in [0.1, 0.15) is 5.75 Å². The van der Waals surface area contributed by atoms with Crippen molar-refractivity contribution in [3.63, 3.8) is 0 Å². The number of anilines is 1. The Balaban J connectivity index is 1.94. The second-order valence-electron chi connectivity index (χ2n) is 4.89. The summed E-state index contributed by atoms with van der Waals surface area (Å²) in [4.78, 5) is 25.2. The van der Waals surface area contributed by atoms with Crippen LogP contribution in [0.5, 0.6) is 5.75 Å². The molecule has 1 saturated heterocycles. The van der Waals surface area contributed by atoms with Crippen molar-refractivity contribution in [3.8, 4) is 5.75 Å². The third-order valence-corrected chi connectivity index (χ3v) is 3.32. The number of halogens is 3. The molecule has 0 spiro atoms. The van der Waals surface area contributed by atoms with E-state index in [0.717, 1.165) is 12.1 Å². The summed E-state index contributed by atoms with van der Waals surface area (Å²) in [6.07, 6.45) is -4.60. The van der Waals surface area contributed by atoms with Gasteiger partial charge in [-0.3, -0.25) is 9.59 Å². The van der Waals surface area contributed by atoms with Crippen LogP contribution in [0, 0.1) is 5.92 Å². The quantitative estimate of drug-likeness (QED) is 0.928. The number of benzene rings is 1. The third-order valence-electron chi connectivity index (χ3n) is 3.32. The standard InChI is InChI=1S/C14H15F3N2O3/c1-2-19-8-9(7-12(19)20)13(21)18-10-3-5-11(6-4-10)22-14(15,16)17/h3-6,9H,2,7-8H2,1H3,(H,18,21)/t9-/m0/s1. The first kappa shape index (κ1) is 16.1. The normalized spacial score (nSPS) is 18.5. The first-order valence-corrected chi connectivity index (χ1v) is 6.73. The highest BCUT2D eigenvalue weighted by molar-refractivity contribution is 5.97. The zero-order chi connectivity index (χ0) is 16.3. The number of alkyl halides is 3. The zero-order valence-corrected chi connectivity index (χ0v) is 11.8. The number of amides is 2. The van der Waals surface area contributed by atoms with E-state index in [9.17, 15) is 22.8 Å². The Morgan fingerprint density at radius 2 is 2.00 bits per heavy atom. The molecule has 0 saturated carbocycles. The Morgan fingerprint density at radius 1 is 1.36 bits per heavy atom. The van der Waals surface area contributed by atoms with Gasteiger partial charge in [-0.2, -0.15) is 0 Å². The summed E-state index contributed by atoms with van der Waals surface area (Å²) in [5, 5.41) is 2.58. The van der Waals surface area contributed by atoms with E-state index in [2.05, 4.69) is 10.1 Å². The number of rotatable bonds is 4. The lowest BCUT2D eigenvalue weighted by Crippen LogP contribution is -2.28. The molecule has 1 fully saturated rings. The van der Waals surface area contributed by atoms with Gasteiger partial charge < -0.3 is 15.0 Å². The highest BCUT2D eigenvalue weighted by Gasteiger charge is 2.33. The molecule has 5 nitrogen and oxygen atoms in total. The summed E-state index contributed by atoms with van der Waals surface area (Å²) in [7, 11) is 0. The van der Waals surface area contributed by atoms with Gasteiger partial charge in [0, 0.05) is 25.2 Å². The van der Waals surface area contributed by atoms with Gasteiger partial charge in [0.2, 0.25) is 11.8 Å². The summed E-state index contributed by atoms with van der Waals surface area (Å²) >= 11 is 0. The van der Waals surface area contributed by atoms with Crippen molar-refractivity contribution < 1.29 is 27.5 Å². The van der Waals surface area contributed by atoms with Crippen LogP contribution >= 0.6 is 0 Å². The lowest BCUT2D eigenvalue weighted by Gasteiger charge is -2.14. The van der Waals surface area contributed by atoms with Crippen LogP contribution in [-0.4, -0.2) is 36.2 Å². The molecule has 2 amide bonds. The van der Waals surface area contributed by atoms with Crippen LogP contribution in [0.1, 0.15) is 13.3 Å². The second-order valence-corrected chi connectivity index (χ2v) is 4.89. The minimum atomic E-state index is -4.75. The van der Waals surface area contributed by atoms with Crippen LogP contribution in [0.15, 0.2) is 24.3 Å². The van der Waals surface area contributed by atoms with Crippen molar-refractivity contribution >= 4 is 17.5 Å². The monoisotopic (exact) mass is 316 g/mol. The number of nitrogens with zero attached hydrogens (tertiary/aromatic N) is 1. The predicted octanol–water partition coefficient (Wildman–Crippen LogP) is 2.39. The fourth-order valence-corrected chi connectivity index (χ4v) is 2.24. The number of likely N-dealkylation sites (tertiary alicyclic amines) is 1. The molecule has 0 aromatic heterocycles. The number of hydrogen-bond acceptors (Lipinski definition) is 3. The van der Waals surface area contributed by atoms with Crippen molar-refractivity contribution in [2.75, 3.05) is 18.4 Å². The Labute approximate surface area is 125 Å². The molecule has 2 rings (SSSR count). The van der Waals surface area contributed by atoms with Gasteiger partial charge in [-0.1, -0.05) is 0 Å². The van der Waals surface area contributed by atoms with E-state index in [1.54, 1.807) is 4.90 Å². The van der Waals surface area contributed by atoms with Crippen LogP contribution in [0.3, 0.4) is 0 Å². The molecule has 1 aromatic rings. The van der Waals surface area contributed by atoms with Crippen LogP contribution < -0.4 is 10.1 Å². The molecular formula is C14H15F3N2O3. The van der Waals surface area contributed by atoms with Crippen molar-refractivity contribution in [2.24, 2.45) is 5.92 Å². The second kappa shape index (κ2) is 6.25. The summed E-state index contributed by atoms with van der Waals surface area (Å²) < 4.78 is 39.8. The Bertz CT molecular complexity index is 557. The van der Waals surface area contributed by atoms with Gasteiger partial charge in [0.05, 0.1) is 5.92 Å². The molecule has 1 aliphatic heterocycles. The van der Waals surface area contributed by atoms with E-state index in [1.165, 1.54) is 12.1 Å². The van der Waals surface area contributed by atoms with Crippen molar-refractivity contribution in [1.29, 1.82) is 0 Å². The van der Waals surface area contributed by atoms with Gasteiger partial charge in [-0.25, -0.2) is 0 Å². The molecule has 22 heavy (non-hydrogen) atoms. The molecule has 1 atom stereocenters. The molecule has 1 aliphatic rings. The summed E-state index contributed by atoms with van der Waals surface area (Å²) in [6, 6.07) is 4.85. The highest BCUT2D eigenvalue weighted by atomic mass is 19.4. The fraction of sp³-hybridized carbons (Fsp3) is 0.429. The van der Waals surface area contributed by atoms with E-state index in [0.29, 0.717) is 18.8 Å². The summed E-state index contributed by atoms with van der Waals surface area (Å²) in [5.74, 6) is -1.21. The first-order valence-electron chi connectivity index (χ1n) is 6.73. The maximum Gasteiger partial charge on any atom is 0.573 e. The molecular weight excluding hydrogens is 301 g/mol. The minimum absolute atomic E-state index is 0.0726. The van der Waals surface area contributed by atoms with Gasteiger partial charge in [-0.15, -0.1) is 13.2 Å². The smallest absolute Gasteiger partial charge is 0.406 e. The van der Waals surface area contributed by atoms with E-state index in [4.69, 9.17) is 0 Å². The molecule has 120 valence electrons. The van der Waals surface area contributed by atoms with Gasteiger partial charge >= 0.3 is 6.36 Å². The average Bonchev–Trinajstić information content (AvgIpc) is 2.81. The topological polar surface area (TPSA) is 58.6 Å². The SMILES string of the molecule is CCN1C[C@@H](C(=O)Nc2ccc(OC(F)(F)F)cc2)CC1=O. The maximum atomic E-state index is 12.0. The van der Waals surface area contributed by atoms with Crippen LogP contribution in [0.2, 0.25) is 0 Å². The van der Waals surface area contributed by atoms with Crippen molar-refractivity contribution in [2.45, 2.75) is 19.7 Å². The average molecular weight is 316 g/mol. The minimum Gasteiger partial charge on any atom is -0.406 e. The number of carbonyl (C=O) groups excluding carboxylic acids is 2. The summed E-state index contributed by atoms with van der Waals surface area (Å²) in [6.45, 7) is 2.74. The zero-order valence-electron chi connectivity index (χ0n) is 11.8. The van der Waals surface area contributed by atoms with Crippen LogP contribution in [0.4, 0.5) is 18.9 Å². The molecule has 0 bridgehead atoms. The van der Waals surface area contributed by atoms with E-state index < -0.39 is 12.3 Å². The lowest BCUT2D eigenvalue weighted by atomic mass is 10.1. The highest BCUT2D eigenvalue weighted by Crippen LogP contribution is 2.25. The molecule has 1 aromatic carbocycles. The van der Waals surface area contributed by atoms with Gasteiger partial charge in [0.25, 0.3) is 0 Å². The van der Waals surface area contributed by atoms with E-state index >= 15 is 0 Å². The molecule has 0 unspecified atom stereocenters. The Hall–Kier alpha value is -2.25. The predicted molar refractivity (Wildman–Crippen MR) is 72.1 cm³/mol. The van der Waals surface area contributed by atoms with Crippen LogP contribution in [-0.2, 0) is 9.59 Å². The maximum absolute atomic E-state index is 12.0. The first-order chi connectivity index (χ1) is 10.3. The largest absolute Gasteiger partial charge is 0.573 e. The summed E-state index contributed by atoms with van der Waals surface area (Å²) in [5.41, 5.74) is 0.349. The molecule has 0 aliphatic carbocycles. The molecule has 1 heterocycles. The lowest BCUT2D eigenvalue weighted by molar-refractivity contribution is -0.274. The van der Waals surface area contributed by atoms with Gasteiger partial charge in [-0.05, 0) is 31.2 Å². The van der Waals surface area contributed by atoms with E-state index in [1.807, 2.05) is 6.92 Å². The molecule has 1 N–H and O–H groups in total. The molecule has 8 heteroatoms. The Morgan fingerprint density at radius 3 is 2.50 bits per heavy atom. The van der Waals surface area contributed by atoms with Crippen molar-refractivity contribution in [1.82, 2.24) is 4.90 Å². The fourth-order valence-electron chi connectivity index (χ4n) is 2.24. The van der Waals surface area contributed by atoms with Crippen molar-refractivity contribution in [3.05, 3.63) is 24.3 Å². The molecule has 0 radical (unpaired) electrons. The number of carbonyl (C=O) groups is 2. The van der Waals surface area contributed by atoms with Gasteiger partial charge in [0.15, 0.2) is 0 Å². The number of hydrogen-bond donors (Lipinski definition) is 1. The number of ether oxygens (including phenoxy) is 1. The van der Waals surface area contributed by atoms with Crippen LogP contribution in [0.25, 0.3) is 0 Å². The number of nitrogens with one attached hydrogen (secondary N) is 1. The van der Waals surface area contributed by atoms with E-state index in [-0.39, 0.29) is 24.0 Å².